The van der Waals surface area contributed by atoms with E-state index < -0.39 is 10.2 Å². The van der Waals surface area contributed by atoms with Gasteiger partial charge >= 0.3 is 0 Å². The van der Waals surface area contributed by atoms with Crippen LogP contribution in [0, 0.1) is 11.8 Å². The lowest BCUT2D eigenvalue weighted by Crippen LogP contribution is -2.49. The topological polar surface area (TPSA) is 40.6 Å². The van der Waals surface area contributed by atoms with Gasteiger partial charge in [0.25, 0.3) is 10.2 Å². The Labute approximate surface area is 122 Å². The van der Waals surface area contributed by atoms with E-state index in [1.165, 1.54) is 0 Å². The first-order valence-electron chi connectivity index (χ1n) is 7.39. The van der Waals surface area contributed by atoms with Gasteiger partial charge in [0.1, 0.15) is 0 Å². The summed E-state index contributed by atoms with van der Waals surface area (Å²) in [7, 11) is -3.22. The third-order valence-corrected chi connectivity index (χ3v) is 7.07. The predicted octanol–water partition coefficient (Wildman–Crippen LogP) is 2.30. The van der Waals surface area contributed by atoms with E-state index in [1.807, 2.05) is 0 Å². The van der Waals surface area contributed by atoms with Gasteiger partial charge < -0.3 is 0 Å². The fraction of sp³-hybridized carbons (Fsp3) is 1.00. The van der Waals surface area contributed by atoms with Gasteiger partial charge in [-0.15, -0.1) is 11.6 Å². The first-order valence-corrected chi connectivity index (χ1v) is 9.32. The van der Waals surface area contributed by atoms with Crippen molar-refractivity contribution in [3.63, 3.8) is 0 Å². The Bertz CT molecular complexity index is 342. The molecule has 2 aliphatic heterocycles. The number of hydrogen-bond acceptors (Lipinski definition) is 2. The van der Waals surface area contributed by atoms with Gasteiger partial charge in [0.05, 0.1) is 0 Å². The summed E-state index contributed by atoms with van der Waals surface area (Å²) in [4.78, 5) is 0. The van der Waals surface area contributed by atoms with Gasteiger partial charge in [0.2, 0.25) is 0 Å². The third kappa shape index (κ3) is 3.63. The van der Waals surface area contributed by atoms with Crippen molar-refractivity contribution in [3.8, 4) is 0 Å². The highest BCUT2D eigenvalue weighted by Gasteiger charge is 2.34. The van der Waals surface area contributed by atoms with E-state index in [1.54, 1.807) is 8.61 Å². The molecule has 0 aromatic heterocycles. The van der Waals surface area contributed by atoms with E-state index in [2.05, 4.69) is 6.92 Å². The zero-order valence-electron chi connectivity index (χ0n) is 11.7. The van der Waals surface area contributed by atoms with Crippen LogP contribution in [0.25, 0.3) is 0 Å². The average molecular weight is 309 g/mol. The molecule has 6 heteroatoms. The molecule has 2 aliphatic rings. The van der Waals surface area contributed by atoms with E-state index in [-0.39, 0.29) is 0 Å². The normalized spacial score (nSPS) is 25.8. The van der Waals surface area contributed by atoms with E-state index in [4.69, 9.17) is 11.6 Å². The summed E-state index contributed by atoms with van der Waals surface area (Å²) in [5.74, 6) is 1.84. The van der Waals surface area contributed by atoms with E-state index >= 15 is 0 Å². The lowest BCUT2D eigenvalue weighted by Gasteiger charge is -2.37. The molecule has 0 radical (unpaired) electrons. The molecule has 0 atom stereocenters. The summed E-state index contributed by atoms with van der Waals surface area (Å²) in [6, 6.07) is 0. The fourth-order valence-corrected chi connectivity index (χ4v) is 4.99. The van der Waals surface area contributed by atoms with Crippen molar-refractivity contribution in [2.45, 2.75) is 39.0 Å². The van der Waals surface area contributed by atoms with Crippen LogP contribution in [0.2, 0.25) is 0 Å². The van der Waals surface area contributed by atoms with E-state index in [9.17, 15) is 8.42 Å². The molecule has 4 nitrogen and oxygen atoms in total. The van der Waals surface area contributed by atoms with E-state index in [0.717, 1.165) is 32.1 Å². The zero-order chi connectivity index (χ0) is 13.9. The molecule has 0 aliphatic carbocycles. The van der Waals surface area contributed by atoms with Gasteiger partial charge in [-0.1, -0.05) is 13.3 Å². The maximum absolute atomic E-state index is 12.5. The van der Waals surface area contributed by atoms with Gasteiger partial charge in [0, 0.05) is 32.1 Å². The van der Waals surface area contributed by atoms with Crippen molar-refractivity contribution in [2.75, 3.05) is 32.1 Å². The van der Waals surface area contributed by atoms with Gasteiger partial charge in [-0.25, -0.2) is 0 Å². The van der Waals surface area contributed by atoms with Crippen molar-refractivity contribution in [1.29, 1.82) is 0 Å². The molecule has 19 heavy (non-hydrogen) atoms. The van der Waals surface area contributed by atoms with Crippen molar-refractivity contribution in [2.24, 2.45) is 11.8 Å². The predicted molar refractivity (Wildman–Crippen MR) is 78.5 cm³/mol. The monoisotopic (exact) mass is 308 g/mol. The maximum atomic E-state index is 12.5. The summed E-state index contributed by atoms with van der Waals surface area (Å²) in [6.07, 6.45) is 4.97. The first kappa shape index (κ1) is 15.5. The van der Waals surface area contributed by atoms with Crippen LogP contribution < -0.4 is 0 Å². The molecule has 0 N–H and O–H groups in total. The van der Waals surface area contributed by atoms with Crippen LogP contribution in [0.4, 0.5) is 0 Å². The minimum Gasteiger partial charge on any atom is -0.195 e. The molecule has 0 unspecified atom stereocenters. The summed E-state index contributed by atoms with van der Waals surface area (Å²) in [6.45, 7) is 4.83. The molecule has 112 valence electrons. The Morgan fingerprint density at radius 3 is 1.74 bits per heavy atom. The molecule has 2 fully saturated rings. The smallest absolute Gasteiger partial charge is 0.195 e. The summed E-state index contributed by atoms with van der Waals surface area (Å²) in [5.41, 5.74) is 0. The van der Waals surface area contributed by atoms with Crippen LogP contribution in [0.15, 0.2) is 0 Å². The Morgan fingerprint density at radius 1 is 0.947 bits per heavy atom. The van der Waals surface area contributed by atoms with Gasteiger partial charge in [0.15, 0.2) is 0 Å². The SMILES string of the molecule is CCC1CCN(S(=O)(=O)N2CCC(CCl)CC2)CC1. The highest BCUT2D eigenvalue weighted by atomic mass is 35.5. The molecule has 0 aromatic rings. The summed E-state index contributed by atoms with van der Waals surface area (Å²) in [5, 5.41) is 0. The molecule has 0 aromatic carbocycles. The highest BCUT2D eigenvalue weighted by molar-refractivity contribution is 7.86. The molecular weight excluding hydrogens is 284 g/mol. The van der Waals surface area contributed by atoms with Crippen LogP contribution in [0.3, 0.4) is 0 Å². The third-order valence-electron chi connectivity index (χ3n) is 4.60. The highest BCUT2D eigenvalue weighted by Crippen LogP contribution is 2.26. The molecule has 0 amide bonds. The molecule has 2 saturated heterocycles. The van der Waals surface area contributed by atoms with Crippen LogP contribution in [-0.2, 0) is 10.2 Å². The number of piperidine rings is 2. The van der Waals surface area contributed by atoms with E-state index in [0.29, 0.717) is 43.9 Å². The quantitative estimate of drug-likeness (QED) is 0.748. The maximum Gasteiger partial charge on any atom is 0.281 e. The number of hydrogen-bond donors (Lipinski definition) is 0. The first-order chi connectivity index (χ1) is 9.07. The van der Waals surface area contributed by atoms with Crippen molar-refractivity contribution in [3.05, 3.63) is 0 Å². The standard InChI is InChI=1S/C13H25ClN2O2S/c1-2-12-3-7-15(8-4-12)19(17,18)16-9-5-13(11-14)6-10-16/h12-13H,2-11H2,1H3. The van der Waals surface area contributed by atoms with Crippen molar-refractivity contribution in [1.82, 2.24) is 8.61 Å². The van der Waals surface area contributed by atoms with Crippen LogP contribution in [0.1, 0.15) is 39.0 Å². The van der Waals surface area contributed by atoms with Gasteiger partial charge in [-0.2, -0.15) is 17.0 Å². The lowest BCUT2D eigenvalue weighted by molar-refractivity contribution is 0.230. The Kier molecular flexibility index (Phi) is 5.52. The summed E-state index contributed by atoms with van der Waals surface area (Å²) < 4.78 is 28.4. The molecule has 2 heterocycles. The Morgan fingerprint density at radius 2 is 1.37 bits per heavy atom. The summed E-state index contributed by atoms with van der Waals surface area (Å²) >= 11 is 5.84. The molecule has 0 saturated carbocycles. The molecule has 2 rings (SSSR count). The van der Waals surface area contributed by atoms with Gasteiger partial charge in [-0.3, -0.25) is 0 Å². The zero-order valence-corrected chi connectivity index (χ0v) is 13.3. The molecular formula is C13H25ClN2O2S. The molecule has 0 spiro atoms. The average Bonchev–Trinajstić information content (AvgIpc) is 2.47. The minimum atomic E-state index is -3.22. The number of rotatable bonds is 4. The second-order valence-electron chi connectivity index (χ2n) is 5.76. The molecule has 0 bridgehead atoms. The lowest BCUT2D eigenvalue weighted by atomic mass is 9.96. The van der Waals surface area contributed by atoms with Crippen LogP contribution >= 0.6 is 11.6 Å². The Hall–Kier alpha value is 0.160. The number of halogens is 1. The number of alkyl halides is 1. The van der Waals surface area contributed by atoms with Crippen LogP contribution in [0.5, 0.6) is 0 Å². The minimum absolute atomic E-state index is 0.485. The van der Waals surface area contributed by atoms with Gasteiger partial charge in [-0.05, 0) is 37.5 Å². The van der Waals surface area contributed by atoms with Crippen molar-refractivity contribution >= 4 is 21.8 Å². The van der Waals surface area contributed by atoms with Crippen molar-refractivity contribution < 1.29 is 8.42 Å². The number of nitrogens with zero attached hydrogens (tertiary/aromatic N) is 2. The second kappa shape index (κ2) is 6.74. The Balaban J connectivity index is 1.92. The second-order valence-corrected chi connectivity index (χ2v) is 7.99. The largest absolute Gasteiger partial charge is 0.281 e. The fourth-order valence-electron chi connectivity index (χ4n) is 3.01. The van der Waals surface area contributed by atoms with Crippen LogP contribution in [-0.4, -0.2) is 49.1 Å².